The van der Waals surface area contributed by atoms with Gasteiger partial charge in [-0.1, -0.05) is 24.3 Å². The van der Waals surface area contributed by atoms with Crippen molar-refractivity contribution in [3.63, 3.8) is 0 Å². The van der Waals surface area contributed by atoms with E-state index in [1.165, 1.54) is 0 Å². The molecule has 1 heterocycles. The lowest BCUT2D eigenvalue weighted by molar-refractivity contribution is -0.139. The molecule has 2 N–H and O–H groups in total. The van der Waals surface area contributed by atoms with Crippen LogP contribution in [-0.4, -0.2) is 12.6 Å². The fraction of sp³-hybridized carbons (Fsp3) is 0.208. The van der Waals surface area contributed by atoms with Crippen molar-refractivity contribution < 1.29 is 19.0 Å². The Hall–Kier alpha value is -4.23. The molecule has 1 aliphatic rings. The van der Waals surface area contributed by atoms with E-state index in [4.69, 9.17) is 25.2 Å². The molecule has 2 aromatic rings. The Morgan fingerprint density at radius 2 is 1.90 bits per heavy atom. The zero-order valence-corrected chi connectivity index (χ0v) is 17.2. The van der Waals surface area contributed by atoms with Gasteiger partial charge in [0, 0.05) is 0 Å². The van der Waals surface area contributed by atoms with Crippen molar-refractivity contribution in [2.75, 3.05) is 6.61 Å². The zero-order chi connectivity index (χ0) is 22.4. The molecule has 3 rings (SSSR count). The number of esters is 1. The van der Waals surface area contributed by atoms with Crippen LogP contribution in [0.5, 0.6) is 5.75 Å². The SMILES string of the molecule is CCOC(=O)C1=C(C)OC(N)=C(C#N)C1c1ccc(OCc2cccc(C#N)c2)cc1. The fourth-order valence-electron chi connectivity index (χ4n) is 3.34. The number of rotatable bonds is 6. The summed E-state index contributed by atoms with van der Waals surface area (Å²) < 4.78 is 16.4. The van der Waals surface area contributed by atoms with Crippen LogP contribution in [0.2, 0.25) is 0 Å². The second-order valence-corrected chi connectivity index (χ2v) is 6.79. The first-order valence-corrected chi connectivity index (χ1v) is 9.65. The highest BCUT2D eigenvalue weighted by Gasteiger charge is 2.36. The summed E-state index contributed by atoms with van der Waals surface area (Å²) in [6, 6.07) is 18.4. The van der Waals surface area contributed by atoms with E-state index in [0.29, 0.717) is 29.2 Å². The van der Waals surface area contributed by atoms with E-state index in [-0.39, 0.29) is 23.6 Å². The number of nitrogens with two attached hydrogens (primary N) is 1. The molecule has 31 heavy (non-hydrogen) atoms. The first kappa shape index (κ1) is 21.5. The van der Waals surface area contributed by atoms with E-state index in [2.05, 4.69) is 12.1 Å². The molecule has 0 radical (unpaired) electrons. The fourth-order valence-corrected chi connectivity index (χ4v) is 3.34. The van der Waals surface area contributed by atoms with Crippen LogP contribution in [0.25, 0.3) is 0 Å². The number of allylic oxidation sites excluding steroid dienone is 2. The molecule has 1 unspecified atom stereocenters. The molecule has 156 valence electrons. The second-order valence-electron chi connectivity index (χ2n) is 6.79. The van der Waals surface area contributed by atoms with Crippen LogP contribution in [-0.2, 0) is 20.9 Å². The second kappa shape index (κ2) is 9.51. The van der Waals surface area contributed by atoms with Crippen LogP contribution in [0.1, 0.15) is 36.5 Å². The molecular weight excluding hydrogens is 394 g/mol. The average Bonchev–Trinajstić information content (AvgIpc) is 2.78. The van der Waals surface area contributed by atoms with Crippen LogP contribution >= 0.6 is 0 Å². The smallest absolute Gasteiger partial charge is 0.338 e. The van der Waals surface area contributed by atoms with Crippen LogP contribution in [0, 0.1) is 22.7 Å². The normalized spacial score (nSPS) is 15.5. The van der Waals surface area contributed by atoms with Crippen molar-refractivity contribution in [2.24, 2.45) is 5.73 Å². The predicted octanol–water partition coefficient (Wildman–Crippen LogP) is 3.78. The number of ether oxygens (including phenoxy) is 3. The van der Waals surface area contributed by atoms with E-state index in [9.17, 15) is 10.1 Å². The van der Waals surface area contributed by atoms with E-state index in [1.54, 1.807) is 56.3 Å². The summed E-state index contributed by atoms with van der Waals surface area (Å²) >= 11 is 0. The minimum absolute atomic E-state index is 0.0317. The Kier molecular flexibility index (Phi) is 6.59. The Balaban J connectivity index is 1.86. The number of nitriles is 2. The molecular formula is C24H21N3O4. The van der Waals surface area contributed by atoms with Crippen LogP contribution in [0.3, 0.4) is 0 Å². The van der Waals surface area contributed by atoms with Gasteiger partial charge in [0.05, 0.1) is 29.7 Å². The number of hydrogen-bond donors (Lipinski definition) is 1. The largest absolute Gasteiger partial charge is 0.489 e. The summed E-state index contributed by atoms with van der Waals surface area (Å²) in [4.78, 5) is 12.6. The maximum absolute atomic E-state index is 12.6. The zero-order valence-electron chi connectivity index (χ0n) is 17.2. The van der Waals surface area contributed by atoms with Gasteiger partial charge in [0.2, 0.25) is 5.88 Å². The van der Waals surface area contributed by atoms with Crippen molar-refractivity contribution in [3.05, 3.63) is 88.0 Å². The first-order valence-electron chi connectivity index (χ1n) is 9.65. The first-order chi connectivity index (χ1) is 15.0. The van der Waals surface area contributed by atoms with E-state index >= 15 is 0 Å². The van der Waals surface area contributed by atoms with Crippen molar-refractivity contribution in [1.29, 1.82) is 10.5 Å². The maximum Gasteiger partial charge on any atom is 0.338 e. The molecule has 7 nitrogen and oxygen atoms in total. The third-order valence-corrected chi connectivity index (χ3v) is 4.78. The average molecular weight is 415 g/mol. The predicted molar refractivity (Wildman–Crippen MR) is 112 cm³/mol. The van der Waals surface area contributed by atoms with Crippen molar-refractivity contribution in [1.82, 2.24) is 0 Å². The number of carbonyl (C=O) groups is 1. The highest BCUT2D eigenvalue weighted by atomic mass is 16.5. The minimum Gasteiger partial charge on any atom is -0.489 e. The number of hydrogen-bond acceptors (Lipinski definition) is 7. The minimum atomic E-state index is -0.695. The Morgan fingerprint density at radius 3 is 2.55 bits per heavy atom. The highest BCUT2D eigenvalue weighted by molar-refractivity contribution is 5.92. The lowest BCUT2D eigenvalue weighted by Gasteiger charge is -2.26. The molecule has 0 fully saturated rings. The van der Waals surface area contributed by atoms with Crippen LogP contribution in [0.4, 0.5) is 0 Å². The van der Waals surface area contributed by atoms with E-state index < -0.39 is 11.9 Å². The Labute approximate surface area is 180 Å². The molecule has 0 spiro atoms. The number of nitrogens with zero attached hydrogens (tertiary/aromatic N) is 2. The number of benzene rings is 2. The summed E-state index contributed by atoms with van der Waals surface area (Å²) in [6.07, 6.45) is 0. The summed E-state index contributed by atoms with van der Waals surface area (Å²) in [5, 5.41) is 18.6. The lowest BCUT2D eigenvalue weighted by Crippen LogP contribution is -2.25. The van der Waals surface area contributed by atoms with Crippen LogP contribution in [0.15, 0.2) is 71.3 Å². The summed E-state index contributed by atoms with van der Waals surface area (Å²) in [6.45, 7) is 3.83. The number of carbonyl (C=O) groups excluding carboxylic acids is 1. The van der Waals surface area contributed by atoms with Crippen molar-refractivity contribution >= 4 is 5.97 Å². The third kappa shape index (κ3) is 4.68. The molecule has 1 atom stereocenters. The molecule has 0 saturated heterocycles. The standard InChI is InChI=1S/C24H21N3O4/c1-3-29-24(28)21-15(2)31-23(27)20(13-26)22(21)18-7-9-19(10-8-18)30-14-17-6-4-5-16(11-17)12-25/h4-11,22H,3,14,27H2,1-2H3. The molecule has 0 bridgehead atoms. The van der Waals surface area contributed by atoms with E-state index in [0.717, 1.165) is 5.56 Å². The van der Waals surface area contributed by atoms with Gasteiger partial charge in [-0.3, -0.25) is 0 Å². The van der Waals surface area contributed by atoms with Crippen molar-refractivity contribution in [2.45, 2.75) is 26.4 Å². The van der Waals surface area contributed by atoms with Gasteiger partial charge in [0.1, 0.15) is 29.8 Å². The molecule has 2 aromatic carbocycles. The van der Waals surface area contributed by atoms with Gasteiger partial charge in [0.15, 0.2) is 0 Å². The molecule has 7 heteroatoms. The van der Waals surface area contributed by atoms with Crippen LogP contribution < -0.4 is 10.5 Å². The van der Waals surface area contributed by atoms with Crippen molar-refractivity contribution in [3.8, 4) is 17.9 Å². The summed E-state index contributed by atoms with van der Waals surface area (Å²) in [7, 11) is 0. The molecule has 1 aliphatic heterocycles. The topological polar surface area (TPSA) is 118 Å². The molecule has 0 aliphatic carbocycles. The summed E-state index contributed by atoms with van der Waals surface area (Å²) in [5.41, 5.74) is 8.43. The molecule has 0 amide bonds. The lowest BCUT2D eigenvalue weighted by atomic mass is 9.83. The Bertz CT molecular complexity index is 1130. The van der Waals surface area contributed by atoms with Gasteiger partial charge in [-0.15, -0.1) is 0 Å². The molecule has 0 aromatic heterocycles. The van der Waals surface area contributed by atoms with Gasteiger partial charge >= 0.3 is 5.97 Å². The summed E-state index contributed by atoms with van der Waals surface area (Å²) in [5.74, 6) is -0.373. The molecule has 0 saturated carbocycles. The van der Waals surface area contributed by atoms with Gasteiger partial charge < -0.3 is 19.9 Å². The quantitative estimate of drug-likeness (QED) is 0.713. The van der Waals surface area contributed by atoms with Gasteiger partial charge in [-0.05, 0) is 49.2 Å². The highest BCUT2D eigenvalue weighted by Crippen LogP contribution is 2.40. The van der Waals surface area contributed by atoms with E-state index in [1.807, 2.05) is 6.07 Å². The third-order valence-electron chi connectivity index (χ3n) is 4.78. The Morgan fingerprint density at radius 1 is 1.16 bits per heavy atom. The van der Waals surface area contributed by atoms with Gasteiger partial charge in [-0.25, -0.2) is 4.79 Å². The monoisotopic (exact) mass is 415 g/mol. The maximum atomic E-state index is 12.6. The van der Waals surface area contributed by atoms with Gasteiger partial charge in [0.25, 0.3) is 0 Å². The van der Waals surface area contributed by atoms with Gasteiger partial charge in [-0.2, -0.15) is 10.5 Å².